The summed E-state index contributed by atoms with van der Waals surface area (Å²) in [7, 11) is 1.25. The van der Waals surface area contributed by atoms with E-state index in [0.717, 1.165) is 11.0 Å². The average Bonchev–Trinajstić information content (AvgIpc) is 2.74. The van der Waals surface area contributed by atoms with Crippen molar-refractivity contribution in [1.82, 2.24) is 15.3 Å². The van der Waals surface area contributed by atoms with Crippen molar-refractivity contribution < 1.29 is 32.2 Å². The molecule has 0 unspecified atom stereocenters. The van der Waals surface area contributed by atoms with Crippen LogP contribution in [0.5, 0.6) is 5.75 Å². The number of amidine groups is 1. The standard InChI is InChI=1S/C22H25F3N6O4S/c1-21(2,3)35-20(32)31(4)16-7-12(22(23,24)25)8-28-18(16)30-19(36)29-17(26)15-6-5-13(9-27-15)34-14-10-33-11-14/h5-9,14H,10-11H2,1-4H3,(H3,26,28,29,30,36). The lowest BCUT2D eigenvalue weighted by Crippen LogP contribution is -2.38. The molecule has 2 aromatic rings. The maximum atomic E-state index is 13.3. The summed E-state index contributed by atoms with van der Waals surface area (Å²) in [5.74, 6) is 0.186. The van der Waals surface area contributed by atoms with Crippen LogP contribution in [0.15, 0.2) is 30.6 Å². The third-order valence-electron chi connectivity index (χ3n) is 4.60. The van der Waals surface area contributed by atoms with Gasteiger partial charge in [0.15, 0.2) is 16.8 Å². The SMILES string of the molecule is CN(C(=O)OC(C)(C)C)c1cc(C(F)(F)F)cnc1NC(=S)NC(=N)c1ccc(OC2COC2)cn1. The van der Waals surface area contributed by atoms with Crippen LogP contribution in [0.1, 0.15) is 32.0 Å². The monoisotopic (exact) mass is 526 g/mol. The van der Waals surface area contributed by atoms with Crippen LogP contribution in [0.4, 0.5) is 29.5 Å². The fourth-order valence-electron chi connectivity index (χ4n) is 2.78. The molecule has 3 N–H and O–H groups in total. The molecule has 1 fully saturated rings. The van der Waals surface area contributed by atoms with Crippen LogP contribution in [0.3, 0.4) is 0 Å². The molecule has 1 saturated heterocycles. The molecule has 10 nitrogen and oxygen atoms in total. The minimum Gasteiger partial charge on any atom is -0.484 e. The van der Waals surface area contributed by atoms with Crippen LogP contribution in [-0.4, -0.2) is 59.0 Å². The van der Waals surface area contributed by atoms with Crippen molar-refractivity contribution in [2.75, 3.05) is 30.5 Å². The molecule has 0 bridgehead atoms. The van der Waals surface area contributed by atoms with Crippen molar-refractivity contribution in [2.45, 2.75) is 38.7 Å². The van der Waals surface area contributed by atoms with Crippen LogP contribution >= 0.6 is 12.2 Å². The van der Waals surface area contributed by atoms with Gasteiger partial charge in [-0.15, -0.1) is 0 Å². The lowest BCUT2D eigenvalue weighted by Gasteiger charge is -2.26. The van der Waals surface area contributed by atoms with Gasteiger partial charge in [-0.2, -0.15) is 13.2 Å². The number of nitrogens with one attached hydrogen (secondary N) is 3. The fraction of sp³-hybridized carbons (Fsp3) is 0.409. The summed E-state index contributed by atoms with van der Waals surface area (Å²) in [6, 6.07) is 3.93. The normalized spacial score (nSPS) is 13.9. The van der Waals surface area contributed by atoms with E-state index in [2.05, 4.69) is 20.6 Å². The van der Waals surface area contributed by atoms with Gasteiger partial charge in [0.25, 0.3) is 0 Å². The third kappa shape index (κ3) is 7.24. The topological polar surface area (TPSA) is 122 Å². The Morgan fingerprint density at radius 2 is 1.92 bits per heavy atom. The van der Waals surface area contributed by atoms with E-state index in [1.807, 2.05) is 0 Å². The number of ether oxygens (including phenoxy) is 3. The number of anilines is 2. The second kappa shape index (κ2) is 10.6. The van der Waals surface area contributed by atoms with E-state index >= 15 is 0 Å². The molecule has 0 aromatic carbocycles. The van der Waals surface area contributed by atoms with Crippen molar-refractivity contribution in [1.29, 1.82) is 5.41 Å². The highest BCUT2D eigenvalue weighted by Crippen LogP contribution is 2.34. The summed E-state index contributed by atoms with van der Waals surface area (Å²) in [6.45, 7) is 5.88. The molecule has 36 heavy (non-hydrogen) atoms. The summed E-state index contributed by atoms with van der Waals surface area (Å²) in [4.78, 5) is 21.3. The lowest BCUT2D eigenvalue weighted by atomic mass is 10.2. The Balaban J connectivity index is 1.73. The number of amides is 1. The van der Waals surface area contributed by atoms with Crippen LogP contribution in [0.2, 0.25) is 0 Å². The van der Waals surface area contributed by atoms with Gasteiger partial charge in [-0.25, -0.2) is 14.8 Å². The maximum absolute atomic E-state index is 13.3. The molecule has 1 amide bonds. The van der Waals surface area contributed by atoms with Gasteiger partial charge in [-0.3, -0.25) is 10.3 Å². The summed E-state index contributed by atoms with van der Waals surface area (Å²) in [5, 5.41) is 13.3. The molecule has 3 rings (SSSR count). The Bertz CT molecular complexity index is 1130. The van der Waals surface area contributed by atoms with Gasteiger partial charge in [0.05, 0.1) is 30.7 Å². The number of alkyl halides is 3. The van der Waals surface area contributed by atoms with Crippen molar-refractivity contribution in [3.63, 3.8) is 0 Å². The smallest absolute Gasteiger partial charge is 0.417 e. The second-order valence-corrected chi connectivity index (χ2v) is 9.15. The molecule has 0 saturated carbocycles. The maximum Gasteiger partial charge on any atom is 0.417 e. The minimum absolute atomic E-state index is 0.0313. The van der Waals surface area contributed by atoms with Gasteiger partial charge in [-0.1, -0.05) is 0 Å². The zero-order valence-electron chi connectivity index (χ0n) is 19.9. The number of carbonyl (C=O) groups is 1. The summed E-state index contributed by atoms with van der Waals surface area (Å²) in [5.41, 5.74) is -1.93. The minimum atomic E-state index is -4.69. The number of carbonyl (C=O) groups excluding carboxylic acids is 1. The number of halogens is 3. The van der Waals surface area contributed by atoms with Gasteiger partial charge in [0.1, 0.15) is 23.1 Å². The second-order valence-electron chi connectivity index (χ2n) is 8.74. The first-order valence-corrected chi connectivity index (χ1v) is 11.0. The molecule has 1 aliphatic rings. The van der Waals surface area contributed by atoms with Gasteiger partial charge < -0.3 is 24.8 Å². The summed E-state index contributed by atoms with van der Waals surface area (Å²) in [6.07, 6.45) is -3.56. The van der Waals surface area contributed by atoms with Crippen molar-refractivity contribution in [3.8, 4) is 5.75 Å². The van der Waals surface area contributed by atoms with Gasteiger partial charge >= 0.3 is 12.3 Å². The Hall–Kier alpha value is -3.52. The average molecular weight is 527 g/mol. The highest BCUT2D eigenvalue weighted by Gasteiger charge is 2.33. The molecule has 3 heterocycles. The van der Waals surface area contributed by atoms with E-state index in [1.165, 1.54) is 13.2 Å². The number of hydrogen-bond donors (Lipinski definition) is 3. The van der Waals surface area contributed by atoms with E-state index in [0.29, 0.717) is 25.2 Å². The number of rotatable bonds is 5. The molecule has 2 aromatic heterocycles. The van der Waals surface area contributed by atoms with Crippen LogP contribution in [-0.2, 0) is 15.7 Å². The van der Waals surface area contributed by atoms with Gasteiger partial charge in [-0.05, 0) is 51.2 Å². The van der Waals surface area contributed by atoms with Gasteiger partial charge in [0, 0.05) is 13.2 Å². The molecule has 0 radical (unpaired) electrons. The summed E-state index contributed by atoms with van der Waals surface area (Å²) >= 11 is 5.20. The largest absolute Gasteiger partial charge is 0.484 e. The molecule has 1 aliphatic heterocycles. The molecule has 14 heteroatoms. The molecule has 194 valence electrons. The highest BCUT2D eigenvalue weighted by molar-refractivity contribution is 7.80. The predicted molar refractivity (Wildman–Crippen MR) is 130 cm³/mol. The van der Waals surface area contributed by atoms with Crippen LogP contribution in [0, 0.1) is 5.41 Å². The van der Waals surface area contributed by atoms with Crippen molar-refractivity contribution in [2.24, 2.45) is 0 Å². The summed E-state index contributed by atoms with van der Waals surface area (Å²) < 4.78 is 55.8. The zero-order chi connectivity index (χ0) is 26.7. The zero-order valence-corrected chi connectivity index (χ0v) is 20.7. The van der Waals surface area contributed by atoms with E-state index in [-0.39, 0.29) is 34.3 Å². The van der Waals surface area contributed by atoms with Crippen LogP contribution < -0.4 is 20.3 Å². The molecular weight excluding hydrogens is 501 g/mol. The highest BCUT2D eigenvalue weighted by atomic mass is 32.1. The number of thiocarbonyl (C=S) groups is 1. The lowest BCUT2D eigenvalue weighted by molar-refractivity contribution is -0.137. The first-order chi connectivity index (χ1) is 16.7. The van der Waals surface area contributed by atoms with E-state index < -0.39 is 23.4 Å². The molecule has 0 atom stereocenters. The van der Waals surface area contributed by atoms with E-state index in [1.54, 1.807) is 32.9 Å². The number of nitrogens with zero attached hydrogens (tertiary/aromatic N) is 3. The molecule has 0 aliphatic carbocycles. The third-order valence-corrected chi connectivity index (χ3v) is 4.80. The number of pyridine rings is 2. The Morgan fingerprint density at radius 3 is 2.44 bits per heavy atom. The quantitative estimate of drug-likeness (QED) is 0.302. The Kier molecular flexibility index (Phi) is 7.99. The van der Waals surface area contributed by atoms with Crippen molar-refractivity contribution >= 4 is 40.8 Å². The number of aromatic nitrogens is 2. The van der Waals surface area contributed by atoms with Crippen LogP contribution in [0.25, 0.3) is 0 Å². The van der Waals surface area contributed by atoms with Gasteiger partial charge in [0.2, 0.25) is 0 Å². The predicted octanol–water partition coefficient (Wildman–Crippen LogP) is 3.96. The molecular formula is C22H25F3N6O4S. The Morgan fingerprint density at radius 1 is 1.22 bits per heavy atom. The Labute approximate surface area is 210 Å². The van der Waals surface area contributed by atoms with E-state index in [4.69, 9.17) is 31.8 Å². The first-order valence-electron chi connectivity index (χ1n) is 10.6. The first kappa shape index (κ1) is 27.1. The molecule has 0 spiro atoms. The van der Waals surface area contributed by atoms with Crippen molar-refractivity contribution in [3.05, 3.63) is 41.9 Å². The van der Waals surface area contributed by atoms with E-state index in [9.17, 15) is 18.0 Å². The number of hydrogen-bond acceptors (Lipinski definition) is 8. The fourth-order valence-corrected chi connectivity index (χ4v) is 2.98.